The van der Waals surface area contributed by atoms with Gasteiger partial charge < -0.3 is 40.9 Å². The van der Waals surface area contributed by atoms with E-state index in [1.807, 2.05) is 23.9 Å². The lowest BCUT2D eigenvalue weighted by Crippen LogP contribution is -2.53. The molecule has 2 aliphatic carbocycles. The minimum atomic E-state index is -0.942. The van der Waals surface area contributed by atoms with Crippen molar-refractivity contribution in [3.63, 3.8) is 0 Å². The molecule has 10 nitrogen and oxygen atoms in total. The molecule has 4 fully saturated rings. The monoisotopic (exact) mass is 811 g/mol. The number of urea groups is 2. The number of methoxy groups -OCH3 is 1. The summed E-state index contributed by atoms with van der Waals surface area (Å²) in [5, 5.41) is 26.6. The number of carbonyl (C=O) groups is 2. The summed E-state index contributed by atoms with van der Waals surface area (Å²) in [7, 11) is 5.66. The minimum absolute atomic E-state index is 0.0173. The highest BCUT2D eigenvalue weighted by Crippen LogP contribution is 2.44. The van der Waals surface area contributed by atoms with Crippen LogP contribution in [0.2, 0.25) is 0 Å². The Balaban J connectivity index is 0.000000261. The number of ether oxygens (including phenoxy) is 1. The summed E-state index contributed by atoms with van der Waals surface area (Å²) in [5.41, 5.74) is -0.942. The molecule has 11 heteroatoms. The second-order valence-electron chi connectivity index (χ2n) is 17.7. The third-order valence-electron chi connectivity index (χ3n) is 13.3. The number of benzene rings is 1. The van der Waals surface area contributed by atoms with Crippen LogP contribution in [0.3, 0.4) is 0 Å². The van der Waals surface area contributed by atoms with Gasteiger partial charge in [0.1, 0.15) is 5.60 Å². The fourth-order valence-corrected chi connectivity index (χ4v) is 11.3. The number of fused-ring (bicyclic) bond motifs is 1. The summed E-state index contributed by atoms with van der Waals surface area (Å²) in [6.07, 6.45) is 23.5. The number of rotatable bonds is 17. The predicted molar refractivity (Wildman–Crippen MR) is 236 cm³/mol. The zero-order chi connectivity index (χ0) is 40.3. The van der Waals surface area contributed by atoms with Crippen LogP contribution in [0.5, 0.6) is 0 Å². The molecule has 4 atom stereocenters. The lowest BCUT2D eigenvalue weighted by atomic mass is 9.77. The van der Waals surface area contributed by atoms with E-state index in [2.05, 4.69) is 51.6 Å². The maximum absolute atomic E-state index is 13.5. The van der Waals surface area contributed by atoms with Gasteiger partial charge in [0.2, 0.25) is 0 Å². The van der Waals surface area contributed by atoms with Crippen molar-refractivity contribution < 1.29 is 19.4 Å². The molecule has 2 saturated heterocycles. The number of nitrogens with one attached hydrogen (secondary N) is 4. The lowest BCUT2D eigenvalue weighted by molar-refractivity contribution is -0.0534. The van der Waals surface area contributed by atoms with Crippen LogP contribution in [0.25, 0.3) is 10.1 Å². The van der Waals surface area contributed by atoms with Gasteiger partial charge in [-0.3, -0.25) is 0 Å². The first kappa shape index (κ1) is 45.6. The Morgan fingerprint density at radius 2 is 1.33 bits per heavy atom. The molecule has 4 amide bonds. The van der Waals surface area contributed by atoms with Gasteiger partial charge in [-0.1, -0.05) is 82.4 Å². The number of hydrogen-bond donors (Lipinski definition) is 5. The Morgan fingerprint density at radius 1 is 0.772 bits per heavy atom. The summed E-state index contributed by atoms with van der Waals surface area (Å²) in [6, 6.07) is 11.1. The van der Waals surface area contributed by atoms with Crippen molar-refractivity contribution in [3.8, 4) is 0 Å². The molecule has 2 aliphatic heterocycles. The van der Waals surface area contributed by atoms with Gasteiger partial charge in [0.15, 0.2) is 0 Å². The topological polar surface area (TPSA) is 118 Å². The second-order valence-corrected chi connectivity index (χ2v) is 18.8. The number of aliphatic hydroxyl groups is 1. The first-order chi connectivity index (χ1) is 27.8. The molecule has 6 rings (SSSR count). The van der Waals surface area contributed by atoms with Gasteiger partial charge in [0.05, 0.1) is 0 Å². The third kappa shape index (κ3) is 14.4. The maximum Gasteiger partial charge on any atom is 0.317 e. The fraction of sp³-hybridized carbons (Fsp3) is 0.783. The molecule has 2 aromatic rings. The highest BCUT2D eigenvalue weighted by Gasteiger charge is 2.42. The zero-order valence-corrected chi connectivity index (χ0v) is 36.7. The Hall–Kier alpha value is -2.44. The maximum atomic E-state index is 13.5. The minimum Gasteiger partial charge on any atom is -0.385 e. The number of nitrogens with zero attached hydrogens (tertiary/aromatic N) is 2. The number of likely N-dealkylation sites (tertiary alicyclic amines) is 2. The number of likely N-dealkylation sites (N-methyl/N-ethyl adjacent to an activating group) is 2. The average Bonchev–Trinajstić information content (AvgIpc) is 3.69. The number of hydrogen-bond acceptors (Lipinski definition) is 7. The first-order valence-electron chi connectivity index (χ1n) is 22.9. The van der Waals surface area contributed by atoms with Crippen molar-refractivity contribution in [2.75, 3.05) is 67.1 Å². The van der Waals surface area contributed by atoms with Gasteiger partial charge in [-0.05, 0) is 108 Å². The lowest BCUT2D eigenvalue weighted by Gasteiger charge is -2.42. The van der Waals surface area contributed by atoms with Crippen LogP contribution in [-0.4, -0.2) is 106 Å². The molecule has 4 aliphatic rings. The molecule has 322 valence electrons. The van der Waals surface area contributed by atoms with Crippen LogP contribution in [0.1, 0.15) is 133 Å². The summed E-state index contributed by atoms with van der Waals surface area (Å²) >= 11 is 1.70. The average molecular weight is 811 g/mol. The molecule has 1 aromatic carbocycles. The molecule has 3 heterocycles. The molecule has 1 aromatic heterocycles. The SMILES string of the molecule is CNC[C@H](CC1CCCCC1)NC(=O)N1CCCCC1.CNC[C@H](CC1CCCCC1)NC(=O)N1CCC[C@@H]([C@@](O)(CCCCOC)c2cc3ccccc3s2)C1. The van der Waals surface area contributed by atoms with Crippen LogP contribution in [0.4, 0.5) is 9.59 Å². The number of unbranched alkanes of at least 4 members (excludes halogenated alkanes) is 1. The highest BCUT2D eigenvalue weighted by molar-refractivity contribution is 7.19. The van der Waals surface area contributed by atoms with Gasteiger partial charge >= 0.3 is 12.1 Å². The van der Waals surface area contributed by atoms with E-state index in [0.717, 1.165) is 94.9 Å². The van der Waals surface area contributed by atoms with Crippen LogP contribution >= 0.6 is 11.3 Å². The summed E-state index contributed by atoms with van der Waals surface area (Å²) in [4.78, 5) is 30.8. The second kappa shape index (κ2) is 24.6. The van der Waals surface area contributed by atoms with Gasteiger partial charge in [0, 0.05) is 80.6 Å². The van der Waals surface area contributed by atoms with Crippen LogP contribution in [0.15, 0.2) is 30.3 Å². The van der Waals surface area contributed by atoms with Crippen molar-refractivity contribution in [1.29, 1.82) is 0 Å². The molecule has 2 saturated carbocycles. The summed E-state index contributed by atoms with van der Waals surface area (Å²) in [5.74, 6) is 1.54. The van der Waals surface area contributed by atoms with Crippen molar-refractivity contribution in [2.45, 2.75) is 146 Å². The Morgan fingerprint density at radius 3 is 1.91 bits per heavy atom. The van der Waals surface area contributed by atoms with E-state index in [9.17, 15) is 14.7 Å². The van der Waals surface area contributed by atoms with Gasteiger partial charge in [0.25, 0.3) is 0 Å². The molecule has 0 bridgehead atoms. The first-order valence-corrected chi connectivity index (χ1v) is 23.7. The number of amides is 4. The Labute approximate surface area is 349 Å². The number of carbonyl (C=O) groups excluding carboxylic acids is 2. The normalized spacial score (nSPS) is 21.9. The van der Waals surface area contributed by atoms with E-state index >= 15 is 0 Å². The van der Waals surface area contributed by atoms with Crippen molar-refractivity contribution in [2.24, 2.45) is 17.8 Å². The van der Waals surface area contributed by atoms with Gasteiger partial charge in [-0.15, -0.1) is 11.3 Å². The van der Waals surface area contributed by atoms with E-state index < -0.39 is 5.60 Å². The van der Waals surface area contributed by atoms with E-state index in [0.29, 0.717) is 25.5 Å². The molecule has 57 heavy (non-hydrogen) atoms. The molecule has 0 radical (unpaired) electrons. The van der Waals surface area contributed by atoms with Crippen molar-refractivity contribution in [3.05, 3.63) is 35.2 Å². The number of thiophene rings is 1. The van der Waals surface area contributed by atoms with E-state index in [-0.39, 0.29) is 30.1 Å². The third-order valence-corrected chi connectivity index (χ3v) is 14.6. The Kier molecular flexibility index (Phi) is 19.7. The van der Waals surface area contributed by atoms with E-state index in [1.54, 1.807) is 18.4 Å². The van der Waals surface area contributed by atoms with Crippen LogP contribution in [-0.2, 0) is 10.3 Å². The van der Waals surface area contributed by atoms with E-state index in [1.165, 1.54) is 80.7 Å². The predicted octanol–water partition coefficient (Wildman–Crippen LogP) is 8.63. The van der Waals surface area contributed by atoms with Crippen LogP contribution < -0.4 is 21.3 Å². The van der Waals surface area contributed by atoms with Crippen molar-refractivity contribution in [1.82, 2.24) is 31.1 Å². The smallest absolute Gasteiger partial charge is 0.317 e. The Bertz CT molecular complexity index is 1410. The van der Waals surface area contributed by atoms with Gasteiger partial charge in [-0.2, -0.15) is 0 Å². The highest BCUT2D eigenvalue weighted by atomic mass is 32.1. The largest absolute Gasteiger partial charge is 0.385 e. The summed E-state index contributed by atoms with van der Waals surface area (Å²) in [6.45, 7) is 5.60. The fourth-order valence-electron chi connectivity index (χ4n) is 10.1. The molecule has 0 spiro atoms. The molecular formula is C46H78N6O4S. The molecule has 0 unspecified atom stereocenters. The standard InChI is InChI=1S/C30H47N3O3S.C16H31N3O/c1-31-21-26(19-23-11-4-3-5-12-23)32-29(34)33-17-10-14-25(22-33)30(35,16-8-9-18-36-2)28-20-24-13-6-7-15-27(24)37-28;1-17-13-15(12-14-8-4-2-5-9-14)18-16(20)19-10-6-3-7-11-19/h6-7,13,15,20,23,25-26,31,35H,3-5,8-12,14,16-19,21-22H2,1-2H3,(H,32,34);14-15,17H,2-13H2,1H3,(H,18,20)/t25-,26+,30+;15-/m10/s1. The zero-order valence-electron chi connectivity index (χ0n) is 35.8. The van der Waals surface area contributed by atoms with Crippen molar-refractivity contribution >= 4 is 33.5 Å². The summed E-state index contributed by atoms with van der Waals surface area (Å²) < 4.78 is 6.47. The number of piperidine rings is 2. The molecule has 5 N–H and O–H groups in total. The van der Waals surface area contributed by atoms with Crippen LogP contribution in [0, 0.1) is 17.8 Å². The van der Waals surface area contributed by atoms with E-state index in [4.69, 9.17) is 4.74 Å². The van der Waals surface area contributed by atoms with Gasteiger partial charge in [-0.25, -0.2) is 9.59 Å². The quantitative estimate of drug-likeness (QED) is 0.102. The molecular weight excluding hydrogens is 733 g/mol.